The molecule has 0 saturated carbocycles. The molecule has 0 atom stereocenters. The van der Waals surface area contributed by atoms with Crippen LogP contribution in [0.2, 0.25) is 0 Å². The van der Waals surface area contributed by atoms with Gasteiger partial charge in [0.2, 0.25) is 0 Å². The second kappa shape index (κ2) is 3.86. The van der Waals surface area contributed by atoms with Crippen LogP contribution in [0.5, 0.6) is 0 Å². The van der Waals surface area contributed by atoms with Gasteiger partial charge in [-0.2, -0.15) is 0 Å². The molecule has 0 aromatic carbocycles. The van der Waals surface area contributed by atoms with E-state index in [1.54, 1.807) is 11.3 Å². The fourth-order valence-corrected chi connectivity index (χ4v) is 2.61. The fourth-order valence-electron chi connectivity index (χ4n) is 1.34. The molecular weight excluding hydrogens is 268 g/mol. The van der Waals surface area contributed by atoms with Gasteiger partial charge >= 0.3 is 5.97 Å². The van der Waals surface area contributed by atoms with E-state index in [0.717, 1.165) is 9.73 Å². The maximum Gasteiger partial charge on any atom is 0.312 e. The van der Waals surface area contributed by atoms with Crippen LogP contribution in [0, 0.1) is 5.92 Å². The first-order chi connectivity index (χ1) is 6.70. The largest absolute Gasteiger partial charge is 0.469 e. The lowest BCUT2D eigenvalue weighted by atomic mass is 10.0. The van der Waals surface area contributed by atoms with Crippen LogP contribution in [0.3, 0.4) is 0 Å². The summed E-state index contributed by atoms with van der Waals surface area (Å²) in [6.07, 6.45) is 0. The Morgan fingerprint density at radius 2 is 2.50 bits per heavy atom. The smallest absolute Gasteiger partial charge is 0.312 e. The Kier molecular flexibility index (Phi) is 2.73. The Balaban J connectivity index is 1.92. The number of rotatable bonds is 2. The summed E-state index contributed by atoms with van der Waals surface area (Å²) in [6.45, 7) is 1.43. The van der Waals surface area contributed by atoms with Crippen LogP contribution in [0.25, 0.3) is 0 Å². The zero-order chi connectivity index (χ0) is 10.1. The Morgan fingerprint density at radius 3 is 3.00 bits per heavy atom. The quantitative estimate of drug-likeness (QED) is 0.769. The molecule has 0 amide bonds. The molecule has 1 aromatic heterocycles. The van der Waals surface area contributed by atoms with Crippen LogP contribution >= 0.6 is 27.3 Å². The van der Waals surface area contributed by atoms with Gasteiger partial charge in [-0.05, 0) is 15.9 Å². The van der Waals surface area contributed by atoms with E-state index >= 15 is 0 Å². The van der Waals surface area contributed by atoms with Gasteiger partial charge < -0.3 is 9.64 Å². The summed E-state index contributed by atoms with van der Waals surface area (Å²) in [5.74, 6) is -0.112. The van der Waals surface area contributed by atoms with Crippen molar-refractivity contribution in [3.63, 3.8) is 0 Å². The van der Waals surface area contributed by atoms with E-state index < -0.39 is 0 Å². The van der Waals surface area contributed by atoms with E-state index in [4.69, 9.17) is 0 Å². The van der Waals surface area contributed by atoms with Crippen LogP contribution in [-0.2, 0) is 9.53 Å². The number of carbonyl (C=O) groups is 1. The van der Waals surface area contributed by atoms with E-state index in [1.807, 2.05) is 5.38 Å². The van der Waals surface area contributed by atoms with Gasteiger partial charge in [-0.15, -0.1) is 11.3 Å². The first-order valence-electron chi connectivity index (χ1n) is 4.14. The topological polar surface area (TPSA) is 42.4 Å². The van der Waals surface area contributed by atoms with Crippen LogP contribution in [0.1, 0.15) is 0 Å². The minimum atomic E-state index is -0.128. The molecule has 2 heterocycles. The molecule has 1 saturated heterocycles. The summed E-state index contributed by atoms with van der Waals surface area (Å²) in [4.78, 5) is 17.4. The second-order valence-electron chi connectivity index (χ2n) is 3.08. The van der Waals surface area contributed by atoms with Gasteiger partial charge in [0.05, 0.1) is 13.0 Å². The van der Waals surface area contributed by atoms with Crippen molar-refractivity contribution in [3.05, 3.63) is 9.98 Å². The maximum atomic E-state index is 11.1. The molecule has 0 radical (unpaired) electrons. The summed E-state index contributed by atoms with van der Waals surface area (Å²) in [5.41, 5.74) is 0. The van der Waals surface area contributed by atoms with E-state index in [2.05, 4.69) is 30.6 Å². The third kappa shape index (κ3) is 1.76. The van der Waals surface area contributed by atoms with Crippen molar-refractivity contribution < 1.29 is 9.53 Å². The normalized spacial score (nSPS) is 16.6. The maximum absolute atomic E-state index is 11.1. The van der Waals surface area contributed by atoms with Gasteiger partial charge in [0.15, 0.2) is 5.13 Å². The number of ether oxygens (including phenoxy) is 1. The molecule has 0 N–H and O–H groups in total. The summed E-state index contributed by atoms with van der Waals surface area (Å²) >= 11 is 4.86. The Morgan fingerprint density at radius 1 is 1.79 bits per heavy atom. The highest BCUT2D eigenvalue weighted by molar-refractivity contribution is 9.10. The number of thiazole rings is 1. The third-order valence-electron chi connectivity index (χ3n) is 2.15. The minimum absolute atomic E-state index is 0.0164. The fraction of sp³-hybridized carbons (Fsp3) is 0.500. The molecule has 76 valence electrons. The summed E-state index contributed by atoms with van der Waals surface area (Å²) in [6, 6.07) is 0. The van der Waals surface area contributed by atoms with Gasteiger partial charge in [0.1, 0.15) is 4.60 Å². The molecule has 0 spiro atoms. The minimum Gasteiger partial charge on any atom is -0.469 e. The van der Waals surface area contributed by atoms with Gasteiger partial charge in [-0.25, -0.2) is 4.98 Å². The first-order valence-corrected chi connectivity index (χ1v) is 5.82. The van der Waals surface area contributed by atoms with Crippen molar-refractivity contribution >= 4 is 38.4 Å². The van der Waals surface area contributed by atoms with E-state index in [-0.39, 0.29) is 11.9 Å². The molecule has 4 nitrogen and oxygen atoms in total. The predicted octanol–water partition coefficient (Wildman–Crippen LogP) is 1.51. The zero-order valence-corrected chi connectivity index (χ0v) is 9.97. The van der Waals surface area contributed by atoms with Crippen molar-refractivity contribution in [2.24, 2.45) is 5.92 Å². The number of methoxy groups -OCH3 is 1. The highest BCUT2D eigenvalue weighted by atomic mass is 79.9. The third-order valence-corrected chi connectivity index (χ3v) is 3.76. The van der Waals surface area contributed by atoms with Crippen LogP contribution < -0.4 is 4.90 Å². The standard InChI is InChI=1S/C8H9BrN2O2S/c1-13-7(12)5-2-11(3-5)8-10-6(9)4-14-8/h4-5H,2-3H2,1H3. The molecule has 1 aliphatic rings. The highest BCUT2D eigenvalue weighted by Crippen LogP contribution is 2.29. The van der Waals surface area contributed by atoms with Gasteiger partial charge in [0.25, 0.3) is 0 Å². The molecule has 0 unspecified atom stereocenters. The average molecular weight is 277 g/mol. The second-order valence-corrected chi connectivity index (χ2v) is 4.73. The first kappa shape index (κ1) is 9.92. The van der Waals surface area contributed by atoms with Crippen LogP contribution in [-0.4, -0.2) is 31.2 Å². The number of esters is 1. The van der Waals surface area contributed by atoms with Crippen LogP contribution in [0.4, 0.5) is 5.13 Å². The molecule has 1 fully saturated rings. The van der Waals surface area contributed by atoms with Crippen molar-refractivity contribution in [3.8, 4) is 0 Å². The number of nitrogens with zero attached hydrogens (tertiary/aromatic N) is 2. The number of carbonyl (C=O) groups excluding carboxylic acids is 1. The zero-order valence-electron chi connectivity index (χ0n) is 7.57. The summed E-state index contributed by atoms with van der Waals surface area (Å²) in [5, 5.41) is 2.89. The van der Waals surface area contributed by atoms with E-state index in [0.29, 0.717) is 13.1 Å². The number of anilines is 1. The van der Waals surface area contributed by atoms with Gasteiger partial charge in [-0.1, -0.05) is 0 Å². The molecule has 0 bridgehead atoms. The summed E-state index contributed by atoms with van der Waals surface area (Å²) in [7, 11) is 1.42. The SMILES string of the molecule is COC(=O)C1CN(c2nc(Br)cs2)C1. The average Bonchev–Trinajstić information content (AvgIpc) is 2.49. The lowest BCUT2D eigenvalue weighted by Crippen LogP contribution is -2.50. The Hall–Kier alpha value is -0.620. The highest BCUT2D eigenvalue weighted by Gasteiger charge is 2.34. The van der Waals surface area contributed by atoms with Crippen molar-refractivity contribution in [2.75, 3.05) is 25.1 Å². The summed E-state index contributed by atoms with van der Waals surface area (Å²) < 4.78 is 5.50. The molecule has 6 heteroatoms. The number of hydrogen-bond acceptors (Lipinski definition) is 5. The number of halogens is 1. The van der Waals surface area contributed by atoms with E-state index in [1.165, 1.54) is 7.11 Å². The predicted molar refractivity (Wildman–Crippen MR) is 57.5 cm³/mol. The molecule has 14 heavy (non-hydrogen) atoms. The molecule has 2 rings (SSSR count). The van der Waals surface area contributed by atoms with Crippen molar-refractivity contribution in [1.82, 2.24) is 4.98 Å². The molecule has 0 aliphatic carbocycles. The van der Waals surface area contributed by atoms with E-state index in [9.17, 15) is 4.79 Å². The van der Waals surface area contributed by atoms with Gasteiger partial charge in [-0.3, -0.25) is 4.79 Å². The Bertz CT molecular complexity index is 349. The Labute approximate surface area is 94.0 Å². The lowest BCUT2D eigenvalue weighted by molar-refractivity contribution is -0.146. The van der Waals surface area contributed by atoms with Crippen molar-refractivity contribution in [1.29, 1.82) is 0 Å². The monoisotopic (exact) mass is 276 g/mol. The van der Waals surface area contributed by atoms with Gasteiger partial charge in [0, 0.05) is 18.5 Å². The van der Waals surface area contributed by atoms with Crippen molar-refractivity contribution in [2.45, 2.75) is 0 Å². The molecule has 1 aliphatic heterocycles. The number of hydrogen-bond donors (Lipinski definition) is 0. The lowest BCUT2D eigenvalue weighted by Gasteiger charge is -2.36. The molecule has 1 aromatic rings. The van der Waals surface area contributed by atoms with Crippen LogP contribution in [0.15, 0.2) is 9.98 Å². The number of aromatic nitrogens is 1. The molecular formula is C8H9BrN2O2S.